The van der Waals surface area contributed by atoms with E-state index in [1.54, 1.807) is 0 Å². The molecule has 2 heterocycles. The molecule has 22 heavy (non-hydrogen) atoms. The van der Waals surface area contributed by atoms with E-state index in [-0.39, 0.29) is 6.54 Å². The first-order chi connectivity index (χ1) is 10.8. The summed E-state index contributed by atoms with van der Waals surface area (Å²) in [6.07, 6.45) is 0. The summed E-state index contributed by atoms with van der Waals surface area (Å²) >= 11 is 0. The Morgan fingerprint density at radius 1 is 0.909 bits per heavy atom. The van der Waals surface area contributed by atoms with E-state index in [0.717, 1.165) is 22.2 Å². The van der Waals surface area contributed by atoms with Crippen molar-refractivity contribution in [1.82, 2.24) is 15.1 Å². The lowest BCUT2D eigenvalue weighted by Crippen LogP contribution is -1.95. The van der Waals surface area contributed by atoms with Gasteiger partial charge in [0, 0.05) is 11.1 Å². The molecule has 0 unspecified atom stereocenters. The standard InChI is InChI=1S/C16H12N4O2/c17-9-14-19-15(20-22-14)10-5-1-2-6-11(10)16-18-12-7-3-4-8-13(12)21-16/h1-8H,9,17H2. The Balaban J connectivity index is 1.88. The van der Waals surface area contributed by atoms with E-state index < -0.39 is 0 Å². The summed E-state index contributed by atoms with van der Waals surface area (Å²) in [5.41, 5.74) is 8.66. The van der Waals surface area contributed by atoms with Gasteiger partial charge in [0.1, 0.15) is 5.52 Å². The average molecular weight is 292 g/mol. The van der Waals surface area contributed by atoms with Gasteiger partial charge in [0.25, 0.3) is 0 Å². The van der Waals surface area contributed by atoms with Crippen molar-refractivity contribution in [3.8, 4) is 22.8 Å². The Bertz CT molecular complexity index is 909. The van der Waals surface area contributed by atoms with Crippen LogP contribution in [0.2, 0.25) is 0 Å². The second-order valence-electron chi connectivity index (χ2n) is 4.75. The highest BCUT2D eigenvalue weighted by Crippen LogP contribution is 2.31. The largest absolute Gasteiger partial charge is 0.436 e. The van der Waals surface area contributed by atoms with Gasteiger partial charge < -0.3 is 14.7 Å². The molecule has 0 atom stereocenters. The van der Waals surface area contributed by atoms with Gasteiger partial charge in [-0.2, -0.15) is 4.98 Å². The Hall–Kier alpha value is -2.99. The van der Waals surface area contributed by atoms with E-state index in [9.17, 15) is 0 Å². The predicted octanol–water partition coefficient (Wildman–Crippen LogP) is 3.00. The van der Waals surface area contributed by atoms with Gasteiger partial charge in [-0.15, -0.1) is 0 Å². The Morgan fingerprint density at radius 2 is 1.68 bits per heavy atom. The van der Waals surface area contributed by atoms with Gasteiger partial charge in [0.05, 0.1) is 6.54 Å². The van der Waals surface area contributed by atoms with Crippen LogP contribution in [0.25, 0.3) is 33.9 Å². The maximum atomic E-state index is 5.83. The highest BCUT2D eigenvalue weighted by atomic mass is 16.5. The van der Waals surface area contributed by atoms with Crippen molar-refractivity contribution >= 4 is 11.1 Å². The van der Waals surface area contributed by atoms with Crippen molar-refractivity contribution in [3.63, 3.8) is 0 Å². The molecular weight excluding hydrogens is 280 g/mol. The van der Waals surface area contributed by atoms with E-state index in [0.29, 0.717) is 17.6 Å². The molecule has 2 N–H and O–H groups in total. The van der Waals surface area contributed by atoms with Crippen molar-refractivity contribution in [3.05, 3.63) is 54.4 Å². The molecule has 2 aromatic heterocycles. The third-order valence-corrected chi connectivity index (χ3v) is 3.33. The van der Waals surface area contributed by atoms with Crippen LogP contribution in [0.5, 0.6) is 0 Å². The van der Waals surface area contributed by atoms with Gasteiger partial charge in [-0.05, 0) is 18.2 Å². The highest BCUT2D eigenvalue weighted by Gasteiger charge is 2.16. The first kappa shape index (κ1) is 12.7. The van der Waals surface area contributed by atoms with Crippen LogP contribution >= 0.6 is 0 Å². The van der Waals surface area contributed by atoms with E-state index >= 15 is 0 Å². The topological polar surface area (TPSA) is 91.0 Å². The molecule has 108 valence electrons. The van der Waals surface area contributed by atoms with Crippen molar-refractivity contribution in [1.29, 1.82) is 0 Å². The molecule has 6 nitrogen and oxygen atoms in total. The number of fused-ring (bicyclic) bond motifs is 1. The number of nitrogens with zero attached hydrogens (tertiary/aromatic N) is 3. The number of hydrogen-bond acceptors (Lipinski definition) is 6. The first-order valence-electron chi connectivity index (χ1n) is 6.83. The summed E-state index contributed by atoms with van der Waals surface area (Å²) in [5.74, 6) is 1.39. The SMILES string of the molecule is NCc1nc(-c2ccccc2-c2nc3ccccc3o2)no1. The van der Waals surface area contributed by atoms with Gasteiger partial charge in [-0.25, -0.2) is 4.98 Å². The quantitative estimate of drug-likeness (QED) is 0.624. The lowest BCUT2D eigenvalue weighted by Gasteiger charge is -2.01. The number of aromatic nitrogens is 3. The molecule has 0 aliphatic rings. The number of oxazole rings is 1. The lowest BCUT2D eigenvalue weighted by atomic mass is 10.1. The van der Waals surface area contributed by atoms with E-state index in [4.69, 9.17) is 14.7 Å². The third-order valence-electron chi connectivity index (χ3n) is 3.33. The van der Waals surface area contributed by atoms with Gasteiger partial charge in [0.2, 0.25) is 17.6 Å². The van der Waals surface area contributed by atoms with Crippen LogP contribution in [0.1, 0.15) is 5.89 Å². The van der Waals surface area contributed by atoms with Gasteiger partial charge in [-0.1, -0.05) is 35.5 Å². The summed E-state index contributed by atoms with van der Waals surface area (Å²) in [6, 6.07) is 15.3. The smallest absolute Gasteiger partial charge is 0.240 e. The second-order valence-corrected chi connectivity index (χ2v) is 4.75. The first-order valence-corrected chi connectivity index (χ1v) is 6.83. The summed E-state index contributed by atoms with van der Waals surface area (Å²) < 4.78 is 10.9. The molecule has 0 radical (unpaired) electrons. The molecule has 0 saturated heterocycles. The van der Waals surface area contributed by atoms with Crippen LogP contribution in [-0.2, 0) is 6.54 Å². The van der Waals surface area contributed by atoms with Crippen molar-refractivity contribution < 1.29 is 8.94 Å². The highest BCUT2D eigenvalue weighted by molar-refractivity contribution is 5.81. The fourth-order valence-electron chi connectivity index (χ4n) is 2.30. The summed E-state index contributed by atoms with van der Waals surface area (Å²) in [4.78, 5) is 8.79. The van der Waals surface area contributed by atoms with Crippen molar-refractivity contribution in [2.75, 3.05) is 0 Å². The van der Waals surface area contributed by atoms with Crippen LogP contribution in [0, 0.1) is 0 Å². The molecule has 0 fully saturated rings. The van der Waals surface area contributed by atoms with Gasteiger partial charge >= 0.3 is 0 Å². The molecule has 0 saturated carbocycles. The minimum atomic E-state index is 0.206. The maximum absolute atomic E-state index is 5.83. The van der Waals surface area contributed by atoms with E-state index in [1.165, 1.54) is 0 Å². The van der Waals surface area contributed by atoms with E-state index in [1.807, 2.05) is 48.5 Å². The van der Waals surface area contributed by atoms with Crippen LogP contribution in [0.4, 0.5) is 0 Å². The van der Waals surface area contributed by atoms with Crippen LogP contribution in [0.15, 0.2) is 57.5 Å². The molecule has 0 bridgehead atoms. The molecule has 4 aromatic rings. The molecule has 4 rings (SSSR count). The number of rotatable bonds is 3. The summed E-state index contributed by atoms with van der Waals surface area (Å²) in [5, 5.41) is 3.96. The molecule has 0 aliphatic carbocycles. The summed E-state index contributed by atoms with van der Waals surface area (Å²) in [7, 11) is 0. The fraction of sp³-hybridized carbons (Fsp3) is 0.0625. The zero-order valence-electron chi connectivity index (χ0n) is 11.6. The van der Waals surface area contributed by atoms with Crippen LogP contribution in [-0.4, -0.2) is 15.1 Å². The molecule has 0 amide bonds. The average Bonchev–Trinajstić information content (AvgIpc) is 3.21. The zero-order valence-corrected chi connectivity index (χ0v) is 11.6. The molecular formula is C16H12N4O2. The van der Waals surface area contributed by atoms with Crippen molar-refractivity contribution in [2.24, 2.45) is 5.73 Å². The predicted molar refractivity (Wildman–Crippen MR) is 80.6 cm³/mol. The van der Waals surface area contributed by atoms with Crippen molar-refractivity contribution in [2.45, 2.75) is 6.54 Å². The van der Waals surface area contributed by atoms with Gasteiger partial charge in [-0.3, -0.25) is 0 Å². The summed E-state index contributed by atoms with van der Waals surface area (Å²) in [6.45, 7) is 0.206. The normalized spacial score (nSPS) is 11.1. The third kappa shape index (κ3) is 2.06. The monoisotopic (exact) mass is 292 g/mol. The number of hydrogen-bond donors (Lipinski definition) is 1. The van der Waals surface area contributed by atoms with Crippen LogP contribution in [0.3, 0.4) is 0 Å². The number of para-hydroxylation sites is 2. The lowest BCUT2D eigenvalue weighted by molar-refractivity contribution is 0.380. The Kier molecular flexibility index (Phi) is 2.94. The molecule has 0 aliphatic heterocycles. The van der Waals surface area contributed by atoms with Gasteiger partial charge in [0.15, 0.2) is 5.58 Å². The number of benzene rings is 2. The van der Waals surface area contributed by atoms with E-state index in [2.05, 4.69) is 15.1 Å². The second kappa shape index (κ2) is 5.09. The van der Waals surface area contributed by atoms with Crippen LogP contribution < -0.4 is 5.73 Å². The fourth-order valence-corrected chi connectivity index (χ4v) is 2.30. The minimum Gasteiger partial charge on any atom is -0.436 e. The molecule has 0 spiro atoms. The maximum Gasteiger partial charge on any atom is 0.240 e. The Labute approximate surface area is 125 Å². The number of nitrogens with two attached hydrogens (primary N) is 1. The minimum absolute atomic E-state index is 0.206. The molecule has 6 heteroatoms. The Morgan fingerprint density at radius 3 is 2.45 bits per heavy atom. The zero-order chi connectivity index (χ0) is 14.9. The molecule has 2 aromatic carbocycles.